The zero-order valence-electron chi connectivity index (χ0n) is 23.0. The largest absolute Gasteiger partial charge is 0.415 e. The van der Waals surface area contributed by atoms with Crippen LogP contribution < -0.4 is 5.56 Å². The summed E-state index contributed by atoms with van der Waals surface area (Å²) in [5.74, 6) is 0.245. The normalized spacial score (nSPS) is 23.2. The molecule has 0 bridgehead atoms. The van der Waals surface area contributed by atoms with Crippen LogP contribution in [0.4, 0.5) is 4.39 Å². The van der Waals surface area contributed by atoms with E-state index < -0.39 is 6.10 Å². The van der Waals surface area contributed by atoms with Crippen molar-refractivity contribution in [1.82, 2.24) is 14.7 Å². The van der Waals surface area contributed by atoms with Gasteiger partial charge in [-0.1, -0.05) is 19.0 Å². The fourth-order valence-corrected chi connectivity index (χ4v) is 6.03. The first-order valence-corrected chi connectivity index (χ1v) is 14.0. The van der Waals surface area contributed by atoms with Crippen LogP contribution in [0.3, 0.4) is 0 Å². The summed E-state index contributed by atoms with van der Waals surface area (Å²) in [5.41, 5.74) is 2.51. The maximum atomic E-state index is 13.6. The van der Waals surface area contributed by atoms with Crippen molar-refractivity contribution < 1.29 is 28.0 Å². The maximum Gasteiger partial charge on any atom is 0.310 e. The van der Waals surface area contributed by atoms with Crippen molar-refractivity contribution in [1.29, 1.82) is 0 Å². The van der Waals surface area contributed by atoms with Crippen molar-refractivity contribution in [2.24, 2.45) is 5.92 Å². The summed E-state index contributed by atoms with van der Waals surface area (Å²) in [6.07, 6.45) is 3.12. The number of rotatable bonds is 8. The van der Waals surface area contributed by atoms with Crippen LogP contribution >= 0.6 is 0 Å². The smallest absolute Gasteiger partial charge is 0.310 e. The van der Waals surface area contributed by atoms with E-state index in [0.29, 0.717) is 59.5 Å². The van der Waals surface area contributed by atoms with E-state index in [2.05, 4.69) is 10.1 Å². The number of esters is 1. The highest BCUT2D eigenvalue weighted by atomic mass is 19.1. The van der Waals surface area contributed by atoms with Crippen molar-refractivity contribution in [3.05, 3.63) is 57.1 Å². The summed E-state index contributed by atoms with van der Waals surface area (Å²) in [5, 5.41) is 15.4. The SMILES string of the molecule is Cc1nc2n(c(=O)c1CC[N+]1(COC(=O)CC(C)C)CCC(c3noc4cc(F)ccc34)CC1)CCCC2O. The van der Waals surface area contributed by atoms with Crippen LogP contribution in [0.25, 0.3) is 11.0 Å². The van der Waals surface area contributed by atoms with Gasteiger partial charge in [0.25, 0.3) is 5.56 Å². The Balaban J connectivity index is 1.35. The fraction of sp³-hybridized carbons (Fsp3) is 0.586. The van der Waals surface area contributed by atoms with Gasteiger partial charge in [-0.25, -0.2) is 9.37 Å². The topological polar surface area (TPSA) is 107 Å². The van der Waals surface area contributed by atoms with E-state index in [1.807, 2.05) is 20.8 Å². The van der Waals surface area contributed by atoms with Gasteiger partial charge in [0.05, 0.1) is 25.3 Å². The predicted octanol–water partition coefficient (Wildman–Crippen LogP) is 4.14. The van der Waals surface area contributed by atoms with E-state index in [9.17, 15) is 19.1 Å². The van der Waals surface area contributed by atoms with Crippen LogP contribution in [-0.2, 0) is 22.5 Å². The number of halogens is 1. The standard InChI is InChI=1S/C29H38FN4O5/c1-18(2)15-26(36)38-17-34(14-10-22-19(3)31-28-24(35)5-4-11-33(28)29(22)37)12-8-20(9-13-34)27-23-7-6-21(30)16-25(23)39-32-27/h6-7,16,18,20,24,35H,4-5,8-15,17H2,1-3H3/q+1. The molecule has 0 aliphatic carbocycles. The molecule has 210 valence electrons. The zero-order chi connectivity index (χ0) is 27.7. The number of hydrogen-bond acceptors (Lipinski definition) is 7. The third kappa shape index (κ3) is 5.77. The van der Waals surface area contributed by atoms with Crippen LogP contribution in [0.15, 0.2) is 27.5 Å². The van der Waals surface area contributed by atoms with Gasteiger partial charge in [0, 0.05) is 60.9 Å². The Bertz CT molecular complexity index is 1410. The van der Waals surface area contributed by atoms with E-state index in [0.717, 1.165) is 43.4 Å². The average molecular weight is 542 g/mol. The van der Waals surface area contributed by atoms with Gasteiger partial charge in [0.1, 0.15) is 17.7 Å². The summed E-state index contributed by atoms with van der Waals surface area (Å²) >= 11 is 0. The van der Waals surface area contributed by atoms with Crippen molar-refractivity contribution in [2.75, 3.05) is 26.4 Å². The molecule has 0 spiro atoms. The van der Waals surface area contributed by atoms with Crippen LogP contribution in [0, 0.1) is 18.7 Å². The van der Waals surface area contributed by atoms with Gasteiger partial charge in [-0.2, -0.15) is 0 Å². The van der Waals surface area contributed by atoms with Gasteiger partial charge < -0.3 is 14.4 Å². The molecule has 4 heterocycles. The van der Waals surface area contributed by atoms with E-state index in [4.69, 9.17) is 9.26 Å². The minimum atomic E-state index is -0.707. The van der Waals surface area contributed by atoms with Crippen LogP contribution in [-0.4, -0.2) is 56.6 Å². The van der Waals surface area contributed by atoms with E-state index >= 15 is 0 Å². The molecule has 0 saturated carbocycles. The van der Waals surface area contributed by atoms with Crippen LogP contribution in [0.5, 0.6) is 0 Å². The molecular weight excluding hydrogens is 503 g/mol. The number of aliphatic hydroxyl groups excluding tert-OH is 1. The van der Waals surface area contributed by atoms with Crippen LogP contribution in [0.2, 0.25) is 0 Å². The minimum absolute atomic E-state index is 0.0811. The molecule has 5 rings (SSSR count). The Morgan fingerprint density at radius 1 is 1.28 bits per heavy atom. The lowest BCUT2D eigenvalue weighted by molar-refractivity contribution is -0.948. The summed E-state index contributed by atoms with van der Waals surface area (Å²) in [6.45, 7) is 8.74. The molecule has 2 aliphatic rings. The number of nitrogens with zero attached hydrogens (tertiary/aromatic N) is 4. The van der Waals surface area contributed by atoms with Gasteiger partial charge in [0.2, 0.25) is 6.73 Å². The second-order valence-corrected chi connectivity index (χ2v) is 11.6. The fourth-order valence-electron chi connectivity index (χ4n) is 6.03. The lowest BCUT2D eigenvalue weighted by Gasteiger charge is -2.42. The minimum Gasteiger partial charge on any atom is -0.415 e. The number of hydrogen-bond donors (Lipinski definition) is 1. The van der Waals surface area contributed by atoms with E-state index in [1.54, 1.807) is 10.6 Å². The van der Waals surface area contributed by atoms with Gasteiger partial charge >= 0.3 is 5.97 Å². The molecule has 9 nitrogen and oxygen atoms in total. The number of ether oxygens (including phenoxy) is 1. The number of carbonyl (C=O) groups excluding carboxylic acids is 1. The number of aromatic nitrogens is 3. The number of carbonyl (C=O) groups is 1. The van der Waals surface area contributed by atoms with Crippen LogP contribution in [0.1, 0.15) is 80.7 Å². The first kappa shape index (κ1) is 27.5. The maximum absolute atomic E-state index is 13.6. The molecule has 0 radical (unpaired) electrons. The van der Waals surface area contributed by atoms with E-state index in [-0.39, 0.29) is 35.9 Å². The molecule has 2 aliphatic heterocycles. The quantitative estimate of drug-likeness (QED) is 0.337. The predicted molar refractivity (Wildman–Crippen MR) is 142 cm³/mol. The highest BCUT2D eigenvalue weighted by Crippen LogP contribution is 2.35. The number of quaternary nitrogens is 1. The lowest BCUT2D eigenvalue weighted by Crippen LogP contribution is -2.55. The first-order chi connectivity index (χ1) is 18.7. The summed E-state index contributed by atoms with van der Waals surface area (Å²) in [6, 6.07) is 4.50. The Morgan fingerprint density at radius 3 is 2.79 bits per heavy atom. The molecule has 1 fully saturated rings. The molecule has 1 saturated heterocycles. The van der Waals surface area contributed by atoms with Gasteiger partial charge in [-0.05, 0) is 37.8 Å². The molecule has 10 heteroatoms. The second kappa shape index (κ2) is 11.2. The number of aryl methyl sites for hydroxylation is 1. The lowest BCUT2D eigenvalue weighted by atomic mass is 9.90. The summed E-state index contributed by atoms with van der Waals surface area (Å²) in [4.78, 5) is 30.4. The molecule has 39 heavy (non-hydrogen) atoms. The molecule has 1 aromatic carbocycles. The number of fused-ring (bicyclic) bond motifs is 2. The Kier molecular flexibility index (Phi) is 7.87. The molecular formula is C29H38FN4O5+. The summed E-state index contributed by atoms with van der Waals surface area (Å²) in [7, 11) is 0. The molecule has 2 aromatic heterocycles. The number of likely N-dealkylation sites (tertiary alicyclic amines) is 1. The third-order valence-corrected chi connectivity index (χ3v) is 8.32. The summed E-state index contributed by atoms with van der Waals surface area (Å²) < 4.78 is 27.0. The van der Waals surface area contributed by atoms with Crippen molar-refractivity contribution in [3.8, 4) is 0 Å². The average Bonchev–Trinajstić information content (AvgIpc) is 3.31. The van der Waals surface area contributed by atoms with E-state index in [1.165, 1.54) is 12.1 Å². The second-order valence-electron chi connectivity index (χ2n) is 11.6. The monoisotopic (exact) mass is 541 g/mol. The molecule has 1 unspecified atom stereocenters. The highest BCUT2D eigenvalue weighted by Gasteiger charge is 2.38. The van der Waals surface area contributed by atoms with Crippen molar-refractivity contribution >= 4 is 16.9 Å². The number of aliphatic hydroxyl groups is 1. The highest BCUT2D eigenvalue weighted by molar-refractivity contribution is 5.79. The molecule has 1 atom stereocenters. The Morgan fingerprint density at radius 2 is 2.05 bits per heavy atom. The molecule has 0 amide bonds. The molecule has 3 aromatic rings. The number of benzene rings is 1. The van der Waals surface area contributed by atoms with Gasteiger partial charge in [-0.15, -0.1) is 0 Å². The third-order valence-electron chi connectivity index (χ3n) is 8.32. The number of piperidine rings is 1. The Labute approximate surface area is 227 Å². The zero-order valence-corrected chi connectivity index (χ0v) is 23.0. The first-order valence-electron chi connectivity index (χ1n) is 14.0. The van der Waals surface area contributed by atoms with Crippen molar-refractivity contribution in [3.63, 3.8) is 0 Å². The molecule has 1 N–H and O–H groups in total. The van der Waals surface area contributed by atoms with Gasteiger partial charge in [-0.3, -0.25) is 18.6 Å². The van der Waals surface area contributed by atoms with Crippen molar-refractivity contribution in [2.45, 2.75) is 77.9 Å². The van der Waals surface area contributed by atoms with Gasteiger partial charge in [0.15, 0.2) is 5.58 Å². The Hall–Kier alpha value is -3.11.